The molecule has 0 spiro atoms. The van der Waals surface area contributed by atoms with Gasteiger partial charge in [0.05, 0.1) is 23.1 Å². The van der Waals surface area contributed by atoms with Crippen molar-refractivity contribution >= 4 is 17.3 Å². The molecule has 0 atom stereocenters. The smallest absolute Gasteiger partial charge is 0.404 e. The summed E-state index contributed by atoms with van der Waals surface area (Å²) in [7, 11) is 0. The fourth-order valence-corrected chi connectivity index (χ4v) is 3.03. The van der Waals surface area contributed by atoms with Gasteiger partial charge in [-0.1, -0.05) is 0 Å². The molecule has 12 heteroatoms. The molecular weight excluding hydrogens is 385 g/mol. The lowest BCUT2D eigenvalue weighted by Gasteiger charge is -2.35. The molecule has 3 rings (SSSR count). The highest BCUT2D eigenvalue weighted by atomic mass is 19.4. The number of rotatable bonds is 5. The Morgan fingerprint density at radius 3 is 2.21 bits per heavy atom. The van der Waals surface area contributed by atoms with Gasteiger partial charge in [0.15, 0.2) is 0 Å². The quantitative estimate of drug-likeness (QED) is 0.559. The summed E-state index contributed by atoms with van der Waals surface area (Å²) in [6, 6.07) is 5.26. The molecule has 0 unspecified atom stereocenters. The van der Waals surface area contributed by atoms with Crippen LogP contribution in [0.2, 0.25) is 0 Å². The van der Waals surface area contributed by atoms with Crippen LogP contribution in [0.3, 0.4) is 0 Å². The first-order valence-electron chi connectivity index (χ1n) is 8.21. The Bertz CT molecular complexity index is 891. The van der Waals surface area contributed by atoms with Crippen LogP contribution in [0.15, 0.2) is 34.7 Å². The predicted molar refractivity (Wildman–Crippen MR) is 91.0 cm³/mol. The Morgan fingerprint density at radius 2 is 1.68 bits per heavy atom. The number of piperazine rings is 1. The Balaban J connectivity index is 1.68. The minimum atomic E-state index is -4.66. The average molecular weight is 400 g/mol. The van der Waals surface area contributed by atoms with Gasteiger partial charge in [-0.25, -0.2) is 0 Å². The summed E-state index contributed by atoms with van der Waals surface area (Å²) < 4.78 is 43.6. The van der Waals surface area contributed by atoms with Crippen LogP contribution >= 0.6 is 0 Å². The summed E-state index contributed by atoms with van der Waals surface area (Å²) >= 11 is 0. The van der Waals surface area contributed by atoms with E-state index in [1.54, 1.807) is 4.90 Å². The Morgan fingerprint density at radius 1 is 1.00 bits per heavy atom. The van der Waals surface area contributed by atoms with Gasteiger partial charge < -0.3 is 9.32 Å². The third-order valence-corrected chi connectivity index (χ3v) is 4.42. The van der Waals surface area contributed by atoms with E-state index in [9.17, 15) is 33.4 Å². The van der Waals surface area contributed by atoms with Gasteiger partial charge in [-0.15, -0.1) is 0 Å². The van der Waals surface area contributed by atoms with E-state index in [-0.39, 0.29) is 11.6 Å². The lowest BCUT2D eigenvalue weighted by atomic mass is 10.1. The number of halogens is 3. The lowest BCUT2D eigenvalue weighted by Crippen LogP contribution is -2.46. The van der Waals surface area contributed by atoms with Gasteiger partial charge >= 0.3 is 12.1 Å². The molecule has 9 nitrogen and oxygen atoms in total. The number of alkyl halides is 3. The van der Waals surface area contributed by atoms with Crippen LogP contribution in [0.1, 0.15) is 11.3 Å². The van der Waals surface area contributed by atoms with Gasteiger partial charge in [0.1, 0.15) is 16.4 Å². The van der Waals surface area contributed by atoms with E-state index in [0.29, 0.717) is 44.6 Å². The van der Waals surface area contributed by atoms with Crippen molar-refractivity contribution in [3.8, 4) is 0 Å². The van der Waals surface area contributed by atoms with Gasteiger partial charge in [-0.2, -0.15) is 13.2 Å². The van der Waals surface area contributed by atoms with E-state index in [0.717, 1.165) is 12.1 Å². The predicted octanol–water partition coefficient (Wildman–Crippen LogP) is 3.44. The molecular formula is C16H15F3N4O5. The van der Waals surface area contributed by atoms with Crippen molar-refractivity contribution < 1.29 is 27.4 Å². The zero-order valence-corrected chi connectivity index (χ0v) is 14.4. The van der Waals surface area contributed by atoms with Crippen LogP contribution in [0.25, 0.3) is 0 Å². The second-order valence-electron chi connectivity index (χ2n) is 6.22. The molecule has 150 valence electrons. The second kappa shape index (κ2) is 7.46. The normalized spacial score (nSPS) is 15.6. The maximum atomic E-state index is 12.8. The number of benzene rings is 1. The van der Waals surface area contributed by atoms with Crippen LogP contribution in [-0.2, 0) is 12.7 Å². The fourth-order valence-electron chi connectivity index (χ4n) is 3.03. The Labute approximate surface area is 156 Å². The van der Waals surface area contributed by atoms with Crippen molar-refractivity contribution in [3.63, 3.8) is 0 Å². The van der Waals surface area contributed by atoms with E-state index < -0.39 is 27.3 Å². The van der Waals surface area contributed by atoms with Gasteiger partial charge in [0.2, 0.25) is 0 Å². The highest BCUT2D eigenvalue weighted by Gasteiger charge is 2.34. The molecule has 0 saturated carbocycles. The molecule has 0 radical (unpaired) electrons. The SMILES string of the molecule is O=[N+]([O-])c1ccc(CN2CCN(c3ccc(C(F)(F)F)cc3[N+](=O)[O-])CC2)o1. The minimum absolute atomic E-state index is 0.131. The molecule has 0 aliphatic carbocycles. The highest BCUT2D eigenvalue weighted by molar-refractivity contribution is 5.65. The zero-order chi connectivity index (χ0) is 20.5. The maximum absolute atomic E-state index is 12.8. The molecule has 0 N–H and O–H groups in total. The van der Waals surface area contributed by atoms with Gasteiger partial charge in [0, 0.05) is 32.2 Å². The number of nitrogens with zero attached hydrogens (tertiary/aromatic N) is 4. The standard InChI is InChI=1S/C16H15F3N4O5/c17-16(18,19)11-1-3-13(14(9-11)22(24)25)21-7-5-20(6-8-21)10-12-2-4-15(28-12)23(26)27/h1-4,9H,5-8,10H2. The van der Waals surface area contributed by atoms with Crippen LogP contribution in [0.5, 0.6) is 0 Å². The molecule has 1 saturated heterocycles. The van der Waals surface area contributed by atoms with E-state index in [2.05, 4.69) is 0 Å². The van der Waals surface area contributed by atoms with Crippen LogP contribution in [0, 0.1) is 20.2 Å². The summed E-state index contributed by atoms with van der Waals surface area (Å²) in [6.07, 6.45) is -4.66. The van der Waals surface area contributed by atoms with E-state index in [1.165, 1.54) is 12.1 Å². The lowest BCUT2D eigenvalue weighted by molar-refractivity contribution is -0.402. The van der Waals surface area contributed by atoms with Gasteiger partial charge in [0.25, 0.3) is 5.69 Å². The molecule has 1 aromatic carbocycles. The summed E-state index contributed by atoms with van der Waals surface area (Å²) in [6.45, 7) is 1.97. The summed E-state index contributed by atoms with van der Waals surface area (Å²) in [5.41, 5.74) is -1.53. The molecule has 1 aliphatic rings. The second-order valence-corrected chi connectivity index (χ2v) is 6.22. The van der Waals surface area contributed by atoms with Crippen molar-refractivity contribution in [1.29, 1.82) is 0 Å². The van der Waals surface area contributed by atoms with E-state index >= 15 is 0 Å². The number of furan rings is 1. The third kappa shape index (κ3) is 4.22. The monoisotopic (exact) mass is 400 g/mol. The number of anilines is 1. The summed E-state index contributed by atoms with van der Waals surface area (Å²) in [5, 5.41) is 21.9. The molecule has 1 aliphatic heterocycles. The molecule has 1 aromatic heterocycles. The van der Waals surface area contributed by atoms with Crippen molar-refractivity contribution in [2.45, 2.75) is 12.7 Å². The molecule has 0 bridgehead atoms. The largest absolute Gasteiger partial charge is 0.433 e. The first-order valence-corrected chi connectivity index (χ1v) is 8.21. The van der Waals surface area contributed by atoms with Crippen LogP contribution in [-0.4, -0.2) is 40.9 Å². The summed E-state index contributed by atoms with van der Waals surface area (Å²) in [4.78, 5) is 24.0. The molecule has 28 heavy (non-hydrogen) atoms. The van der Waals surface area contributed by atoms with Crippen molar-refractivity contribution in [1.82, 2.24) is 4.90 Å². The van der Waals surface area contributed by atoms with Crippen LogP contribution < -0.4 is 4.90 Å². The molecule has 1 fully saturated rings. The zero-order valence-electron chi connectivity index (χ0n) is 14.4. The highest BCUT2D eigenvalue weighted by Crippen LogP contribution is 2.36. The fraction of sp³-hybridized carbons (Fsp3) is 0.375. The summed E-state index contributed by atoms with van der Waals surface area (Å²) in [5.74, 6) is 0.0645. The van der Waals surface area contributed by atoms with Crippen molar-refractivity contribution in [2.75, 3.05) is 31.1 Å². The first kappa shape index (κ1) is 19.6. The van der Waals surface area contributed by atoms with E-state index in [4.69, 9.17) is 4.42 Å². The molecule has 2 heterocycles. The van der Waals surface area contributed by atoms with Crippen molar-refractivity contribution in [3.05, 3.63) is 61.9 Å². The Hall–Kier alpha value is -3.15. The first-order chi connectivity index (χ1) is 13.1. The number of hydrogen-bond acceptors (Lipinski definition) is 7. The average Bonchev–Trinajstić information content (AvgIpc) is 3.10. The topological polar surface area (TPSA) is 106 Å². The van der Waals surface area contributed by atoms with E-state index in [1.807, 2.05) is 4.90 Å². The molecule has 0 amide bonds. The van der Waals surface area contributed by atoms with Crippen molar-refractivity contribution in [2.24, 2.45) is 0 Å². The van der Waals surface area contributed by atoms with Crippen LogP contribution in [0.4, 0.5) is 30.4 Å². The van der Waals surface area contributed by atoms with Gasteiger partial charge in [-0.3, -0.25) is 25.1 Å². The maximum Gasteiger partial charge on any atom is 0.433 e. The molecule has 2 aromatic rings. The number of nitro groups is 2. The number of nitro benzene ring substituents is 1. The number of hydrogen-bond donors (Lipinski definition) is 0. The van der Waals surface area contributed by atoms with Gasteiger partial charge in [-0.05, 0) is 18.2 Å². The third-order valence-electron chi connectivity index (χ3n) is 4.42. The Kier molecular flexibility index (Phi) is 5.23. The minimum Gasteiger partial charge on any atom is -0.404 e.